The van der Waals surface area contributed by atoms with Crippen molar-refractivity contribution in [3.05, 3.63) is 23.7 Å². The number of imidazole rings is 1. The summed E-state index contributed by atoms with van der Waals surface area (Å²) < 4.78 is 3.97. The van der Waals surface area contributed by atoms with Crippen molar-refractivity contribution in [2.24, 2.45) is 20.0 Å². The Kier molecular flexibility index (Phi) is 4.88. The van der Waals surface area contributed by atoms with E-state index < -0.39 is 0 Å². The summed E-state index contributed by atoms with van der Waals surface area (Å²) in [5.74, 6) is 0.651. The van der Waals surface area contributed by atoms with Crippen molar-refractivity contribution in [1.29, 1.82) is 0 Å². The molecule has 1 N–H and O–H groups in total. The van der Waals surface area contributed by atoms with Crippen LogP contribution in [0.15, 0.2) is 22.6 Å². The molecular formula is C14H23N5S. The van der Waals surface area contributed by atoms with E-state index in [0.717, 1.165) is 29.0 Å². The number of aromatic nitrogens is 4. The highest BCUT2D eigenvalue weighted by atomic mass is 32.2. The number of nitrogens with one attached hydrogen (secondary N) is 1. The Morgan fingerprint density at radius 2 is 2.10 bits per heavy atom. The fraction of sp³-hybridized carbons (Fsp3) is 0.571. The van der Waals surface area contributed by atoms with Crippen LogP contribution in [-0.2, 0) is 20.6 Å². The van der Waals surface area contributed by atoms with E-state index >= 15 is 0 Å². The van der Waals surface area contributed by atoms with Gasteiger partial charge in [0.15, 0.2) is 5.16 Å². The third kappa shape index (κ3) is 3.43. The van der Waals surface area contributed by atoms with E-state index in [0.29, 0.717) is 5.92 Å². The van der Waals surface area contributed by atoms with Gasteiger partial charge < -0.3 is 9.88 Å². The zero-order valence-corrected chi connectivity index (χ0v) is 13.7. The minimum Gasteiger partial charge on any atom is -0.329 e. The van der Waals surface area contributed by atoms with Crippen LogP contribution in [0, 0.1) is 12.8 Å². The smallest absolute Gasteiger partial charge is 0.174 e. The maximum Gasteiger partial charge on any atom is 0.174 e. The molecule has 110 valence electrons. The summed E-state index contributed by atoms with van der Waals surface area (Å²) in [6.07, 6.45) is 3.78. The first kappa shape index (κ1) is 15.1. The van der Waals surface area contributed by atoms with Crippen molar-refractivity contribution >= 4 is 11.8 Å². The largest absolute Gasteiger partial charge is 0.329 e. The van der Waals surface area contributed by atoms with E-state index in [1.807, 2.05) is 35.7 Å². The van der Waals surface area contributed by atoms with Gasteiger partial charge in [0.1, 0.15) is 5.03 Å². The number of hydrogen-bond donors (Lipinski definition) is 1. The zero-order valence-electron chi connectivity index (χ0n) is 12.8. The Bertz CT molecular complexity index is 570. The molecule has 0 amide bonds. The van der Waals surface area contributed by atoms with Crippen LogP contribution in [0.1, 0.15) is 25.1 Å². The molecule has 0 bridgehead atoms. The first-order chi connectivity index (χ1) is 9.49. The summed E-state index contributed by atoms with van der Waals surface area (Å²) in [4.78, 5) is 4.38. The Morgan fingerprint density at radius 1 is 1.35 bits per heavy atom. The van der Waals surface area contributed by atoms with Crippen molar-refractivity contribution in [3.8, 4) is 0 Å². The van der Waals surface area contributed by atoms with Crippen LogP contribution in [-0.4, -0.2) is 25.9 Å². The number of hydrogen-bond acceptors (Lipinski definition) is 4. The highest BCUT2D eigenvalue weighted by Gasteiger charge is 2.16. The van der Waals surface area contributed by atoms with Crippen LogP contribution in [0.25, 0.3) is 0 Å². The number of nitrogens with zero attached hydrogens (tertiary/aromatic N) is 4. The normalized spacial score (nSPS) is 11.5. The lowest BCUT2D eigenvalue weighted by atomic mass is 10.2. The summed E-state index contributed by atoms with van der Waals surface area (Å²) >= 11 is 1.67. The molecule has 0 fully saturated rings. The number of rotatable bonds is 6. The molecule has 2 rings (SSSR count). The second-order valence-corrected chi connectivity index (χ2v) is 6.40. The highest BCUT2D eigenvalue weighted by molar-refractivity contribution is 7.99. The van der Waals surface area contributed by atoms with Gasteiger partial charge in [-0.3, -0.25) is 4.68 Å². The first-order valence-electron chi connectivity index (χ1n) is 6.87. The van der Waals surface area contributed by atoms with E-state index in [2.05, 4.69) is 36.2 Å². The molecule has 0 atom stereocenters. The predicted octanol–water partition coefficient (Wildman–Crippen LogP) is 2.36. The van der Waals surface area contributed by atoms with E-state index in [1.165, 1.54) is 5.56 Å². The summed E-state index contributed by atoms with van der Waals surface area (Å²) in [5.41, 5.74) is 2.35. The maximum absolute atomic E-state index is 4.54. The summed E-state index contributed by atoms with van der Waals surface area (Å²) in [5, 5.41) is 10.2. The minimum absolute atomic E-state index is 0.651. The van der Waals surface area contributed by atoms with Crippen molar-refractivity contribution < 1.29 is 0 Å². The molecule has 6 heteroatoms. The molecule has 0 saturated carbocycles. The molecule has 0 spiro atoms. The fourth-order valence-electron chi connectivity index (χ4n) is 2.03. The quantitative estimate of drug-likeness (QED) is 0.888. The zero-order chi connectivity index (χ0) is 14.7. The monoisotopic (exact) mass is 293 g/mol. The Labute approximate surface area is 124 Å². The van der Waals surface area contributed by atoms with Gasteiger partial charge >= 0.3 is 0 Å². The van der Waals surface area contributed by atoms with Gasteiger partial charge in [-0.15, -0.1) is 0 Å². The van der Waals surface area contributed by atoms with Crippen LogP contribution in [0.3, 0.4) is 0 Å². The maximum atomic E-state index is 4.54. The van der Waals surface area contributed by atoms with Gasteiger partial charge in [0.2, 0.25) is 0 Å². The van der Waals surface area contributed by atoms with Gasteiger partial charge in [0.05, 0.1) is 5.69 Å². The van der Waals surface area contributed by atoms with Gasteiger partial charge in [0.25, 0.3) is 0 Å². The summed E-state index contributed by atoms with van der Waals surface area (Å²) in [7, 11) is 4.00. The molecule has 0 aliphatic heterocycles. The average Bonchev–Trinajstić information content (AvgIpc) is 2.87. The molecule has 5 nitrogen and oxygen atoms in total. The highest BCUT2D eigenvalue weighted by Crippen LogP contribution is 2.30. The summed E-state index contributed by atoms with van der Waals surface area (Å²) in [6.45, 7) is 8.36. The van der Waals surface area contributed by atoms with E-state index in [-0.39, 0.29) is 0 Å². The van der Waals surface area contributed by atoms with Crippen LogP contribution in [0.2, 0.25) is 0 Å². The molecule has 2 heterocycles. The standard InChI is InChI=1S/C14H23N5S/c1-10(2)8-15-9-12-11(3)17-19(5)13(12)20-14-16-6-7-18(14)4/h6-7,10,15H,8-9H2,1-5H3. The van der Waals surface area contributed by atoms with Crippen LogP contribution in [0.4, 0.5) is 0 Å². The summed E-state index contributed by atoms with van der Waals surface area (Å²) in [6, 6.07) is 0. The Balaban J connectivity index is 2.17. The second kappa shape index (κ2) is 6.45. The van der Waals surface area contributed by atoms with Gasteiger partial charge in [-0.25, -0.2) is 4.98 Å². The first-order valence-corrected chi connectivity index (χ1v) is 7.69. The third-order valence-electron chi connectivity index (χ3n) is 3.11. The van der Waals surface area contributed by atoms with Crippen molar-refractivity contribution in [1.82, 2.24) is 24.6 Å². The molecule has 0 saturated heterocycles. The lowest BCUT2D eigenvalue weighted by Crippen LogP contribution is -2.19. The minimum atomic E-state index is 0.651. The molecule has 20 heavy (non-hydrogen) atoms. The number of aryl methyl sites for hydroxylation is 3. The molecule has 0 aliphatic carbocycles. The van der Waals surface area contributed by atoms with Crippen LogP contribution in [0.5, 0.6) is 0 Å². The molecular weight excluding hydrogens is 270 g/mol. The predicted molar refractivity (Wildman–Crippen MR) is 81.8 cm³/mol. The van der Waals surface area contributed by atoms with E-state index in [4.69, 9.17) is 0 Å². The fourth-order valence-corrected chi connectivity index (χ4v) is 3.04. The van der Waals surface area contributed by atoms with Gasteiger partial charge in [-0.1, -0.05) is 13.8 Å². The molecule has 0 aromatic carbocycles. The molecule has 2 aromatic rings. The van der Waals surface area contributed by atoms with Gasteiger partial charge in [-0.2, -0.15) is 5.10 Å². The van der Waals surface area contributed by atoms with Crippen molar-refractivity contribution in [2.45, 2.75) is 37.5 Å². The van der Waals surface area contributed by atoms with Gasteiger partial charge in [-0.05, 0) is 31.1 Å². The molecule has 0 unspecified atom stereocenters. The van der Waals surface area contributed by atoms with E-state index in [9.17, 15) is 0 Å². The SMILES string of the molecule is Cc1nn(C)c(Sc2nccn2C)c1CNCC(C)C. The molecule has 0 aliphatic rings. The third-order valence-corrected chi connectivity index (χ3v) is 4.39. The Morgan fingerprint density at radius 3 is 2.70 bits per heavy atom. The Hall–Kier alpha value is -1.27. The van der Waals surface area contributed by atoms with E-state index in [1.54, 1.807) is 11.8 Å². The lowest BCUT2D eigenvalue weighted by molar-refractivity contribution is 0.547. The molecule has 0 radical (unpaired) electrons. The lowest BCUT2D eigenvalue weighted by Gasteiger charge is -2.09. The van der Waals surface area contributed by atoms with Crippen LogP contribution >= 0.6 is 11.8 Å². The average molecular weight is 293 g/mol. The van der Waals surface area contributed by atoms with Crippen LogP contribution < -0.4 is 5.32 Å². The topological polar surface area (TPSA) is 47.7 Å². The van der Waals surface area contributed by atoms with Crippen molar-refractivity contribution in [3.63, 3.8) is 0 Å². The molecule has 2 aromatic heterocycles. The van der Waals surface area contributed by atoms with Crippen molar-refractivity contribution in [2.75, 3.05) is 6.54 Å². The van der Waals surface area contributed by atoms with Gasteiger partial charge in [0, 0.05) is 38.6 Å². The second-order valence-electron chi connectivity index (χ2n) is 5.44.